The van der Waals surface area contributed by atoms with Crippen molar-refractivity contribution in [2.45, 2.75) is 0 Å². The van der Waals surface area contributed by atoms with Gasteiger partial charge in [-0.15, -0.1) is 0 Å². The quantitative estimate of drug-likeness (QED) is 0.539. The zero-order chi connectivity index (χ0) is 10.7. The summed E-state index contributed by atoms with van der Waals surface area (Å²) in [6.45, 7) is 2.38. The normalized spacial score (nSPS) is 12.5. The summed E-state index contributed by atoms with van der Waals surface area (Å²) >= 11 is 2.86. The van der Waals surface area contributed by atoms with Crippen LogP contribution in [0.4, 0.5) is 0 Å². The van der Waals surface area contributed by atoms with Crippen LogP contribution in [0.3, 0.4) is 0 Å². The second kappa shape index (κ2) is 4.63. The fourth-order valence-electron chi connectivity index (χ4n) is 1.64. The van der Waals surface area contributed by atoms with E-state index in [0.29, 0.717) is 0 Å². The van der Waals surface area contributed by atoms with E-state index in [0.717, 1.165) is 0 Å². The Kier molecular flexibility index (Phi) is 3.43. The molecule has 0 fully saturated rings. The van der Waals surface area contributed by atoms with Gasteiger partial charge in [-0.3, -0.25) is 0 Å². The van der Waals surface area contributed by atoms with E-state index in [2.05, 4.69) is 87.9 Å². The predicted molar refractivity (Wildman–Crippen MR) is 66.4 cm³/mol. The Bertz CT molecular complexity index is 381. The van der Waals surface area contributed by atoms with Gasteiger partial charge >= 0.3 is 104 Å². The maximum absolute atomic E-state index is 2.86. The molecule has 0 N–H and O–H groups in total. The molecule has 2 heteroatoms. The number of benzene rings is 2. The van der Waals surface area contributed by atoms with Gasteiger partial charge < -0.3 is 0 Å². The summed E-state index contributed by atoms with van der Waals surface area (Å²) in [6.07, 6.45) is 0. The molecule has 0 heterocycles. The molecule has 0 spiro atoms. The average Bonchev–Trinajstić information content (AvgIpc) is 2.31. The van der Waals surface area contributed by atoms with Crippen LogP contribution in [0.1, 0.15) is 0 Å². The molecular weight excluding hydrogens is 384 g/mol. The molecule has 2 aromatic rings. The number of hydrogen-bond donors (Lipinski definition) is 0. The summed E-state index contributed by atoms with van der Waals surface area (Å²) < 4.78 is 0. The molecule has 2 rings (SSSR count). The van der Waals surface area contributed by atoms with Gasteiger partial charge in [0.1, 0.15) is 0 Å². The minimum absolute atomic E-state index is 1.47. The van der Waals surface area contributed by atoms with Gasteiger partial charge in [0.15, 0.2) is 0 Å². The zero-order valence-corrected chi connectivity index (χ0v) is 11.7. The summed E-state index contributed by atoms with van der Waals surface area (Å²) in [7, 11) is 0. The van der Waals surface area contributed by atoms with Crippen LogP contribution in [-0.2, 0) is 20.5 Å². The predicted octanol–water partition coefficient (Wildman–Crippen LogP) is 2.48. The third-order valence-electron chi connectivity index (χ3n) is 2.59. The van der Waals surface area contributed by atoms with Crippen LogP contribution in [0, 0.1) is 0 Å². The van der Waals surface area contributed by atoms with E-state index in [1.807, 2.05) is 0 Å². The van der Waals surface area contributed by atoms with Gasteiger partial charge in [-0.1, -0.05) is 0 Å². The Labute approximate surface area is 103 Å². The first-order valence-electron chi connectivity index (χ1n) is 4.97. The molecule has 0 radical (unpaired) electrons. The summed E-state index contributed by atoms with van der Waals surface area (Å²) in [4.78, 5) is 0. The van der Waals surface area contributed by atoms with E-state index < -0.39 is 5.15 Å². The molecule has 0 aliphatic heterocycles. The molecule has 0 aliphatic rings. The van der Waals surface area contributed by atoms with E-state index >= 15 is 0 Å². The molecule has 15 heavy (non-hydrogen) atoms. The van der Waals surface area contributed by atoms with E-state index in [1.54, 1.807) is 0 Å². The Balaban J connectivity index is 2.44. The number of hydrogen-bond acceptors (Lipinski definition) is 0. The fourth-order valence-corrected chi connectivity index (χ4v) is 5.73. The monoisotopic (exact) mass is 398 g/mol. The van der Waals surface area contributed by atoms with E-state index in [1.165, 1.54) is 10.6 Å². The van der Waals surface area contributed by atoms with Crippen molar-refractivity contribution in [3.63, 3.8) is 0 Å². The zero-order valence-electron chi connectivity index (χ0n) is 8.58. The molecule has 0 saturated heterocycles. The van der Waals surface area contributed by atoms with Crippen molar-refractivity contribution in [3.8, 4) is 0 Å². The second-order valence-electron chi connectivity index (χ2n) is 3.66. The van der Waals surface area contributed by atoms with Crippen LogP contribution >= 0.6 is 5.15 Å². The van der Waals surface area contributed by atoms with Crippen LogP contribution in [0.5, 0.6) is 0 Å². The summed E-state index contributed by atoms with van der Waals surface area (Å²) in [5.74, 6) is 0. The Hall–Kier alpha value is -0.390. The van der Waals surface area contributed by atoms with Crippen molar-refractivity contribution in [1.82, 2.24) is 0 Å². The second-order valence-corrected chi connectivity index (χ2v) is 13.2. The third-order valence-corrected chi connectivity index (χ3v) is 9.09. The molecule has 0 atom stereocenters. The minimum atomic E-state index is -1.51. The SMILES string of the molecule is C[PH]([Au])(c1ccccc1)c1ccccc1. The van der Waals surface area contributed by atoms with Gasteiger partial charge in [-0.25, -0.2) is 0 Å². The first kappa shape index (κ1) is 11.1. The number of rotatable bonds is 2. The molecule has 0 unspecified atom stereocenters. The third kappa shape index (κ3) is 2.41. The summed E-state index contributed by atoms with van der Waals surface area (Å²) in [5, 5.41) is 1.43. The average molecular weight is 398 g/mol. The van der Waals surface area contributed by atoms with Gasteiger partial charge in [-0.05, 0) is 0 Å². The molecule has 0 amide bonds. The van der Waals surface area contributed by atoms with Crippen molar-refractivity contribution in [1.29, 1.82) is 0 Å². The van der Waals surface area contributed by atoms with E-state index in [9.17, 15) is 0 Å². The van der Waals surface area contributed by atoms with Crippen molar-refractivity contribution in [2.75, 3.05) is 6.66 Å². The van der Waals surface area contributed by atoms with Gasteiger partial charge in [0.2, 0.25) is 0 Å². The topological polar surface area (TPSA) is 0 Å². The van der Waals surface area contributed by atoms with E-state index in [-0.39, 0.29) is 0 Å². The van der Waals surface area contributed by atoms with Gasteiger partial charge in [-0.2, -0.15) is 0 Å². The van der Waals surface area contributed by atoms with Crippen molar-refractivity contribution in [2.24, 2.45) is 0 Å². The molecule has 82 valence electrons. The van der Waals surface area contributed by atoms with Gasteiger partial charge in [0.05, 0.1) is 0 Å². The van der Waals surface area contributed by atoms with Crippen molar-refractivity contribution in [3.05, 3.63) is 60.7 Å². The van der Waals surface area contributed by atoms with Crippen molar-refractivity contribution >= 4 is 15.8 Å². The van der Waals surface area contributed by atoms with E-state index in [4.69, 9.17) is 0 Å². The summed E-state index contributed by atoms with van der Waals surface area (Å²) in [6, 6.07) is 21.6. The van der Waals surface area contributed by atoms with Crippen LogP contribution in [0.2, 0.25) is 0 Å². The van der Waals surface area contributed by atoms with Crippen LogP contribution < -0.4 is 10.6 Å². The first-order chi connectivity index (χ1) is 7.21. The summed E-state index contributed by atoms with van der Waals surface area (Å²) in [5.41, 5.74) is 0. The molecule has 0 saturated carbocycles. The fraction of sp³-hybridized carbons (Fsp3) is 0.0769. The van der Waals surface area contributed by atoms with Crippen LogP contribution in [0.25, 0.3) is 0 Å². The molecule has 0 aromatic heterocycles. The maximum atomic E-state index is 2.86. The molecule has 0 aliphatic carbocycles. The molecule has 0 bridgehead atoms. The Morgan fingerprint density at radius 3 is 1.40 bits per heavy atom. The Morgan fingerprint density at radius 2 is 1.07 bits per heavy atom. The standard InChI is InChI=1S/C13H13P.Au/c1-14(12-8-4-2-5-9-12)13-10-6-3-7-11-13;/h2-11H,1H3;/q;-1/p+1. The Morgan fingerprint density at radius 1 is 0.733 bits per heavy atom. The van der Waals surface area contributed by atoms with Gasteiger partial charge in [0, 0.05) is 0 Å². The van der Waals surface area contributed by atoms with Crippen LogP contribution in [0.15, 0.2) is 60.7 Å². The van der Waals surface area contributed by atoms with Crippen LogP contribution in [-0.4, -0.2) is 6.66 Å². The molecular formula is C13H14AuP. The van der Waals surface area contributed by atoms with Crippen molar-refractivity contribution < 1.29 is 20.5 Å². The van der Waals surface area contributed by atoms with Gasteiger partial charge in [0.25, 0.3) is 0 Å². The molecule has 0 nitrogen and oxygen atoms in total. The molecule has 2 aromatic carbocycles. The first-order valence-corrected chi connectivity index (χ1v) is 10.5.